The van der Waals surface area contributed by atoms with Crippen LogP contribution in [0.25, 0.3) is 11.4 Å². The molecule has 2 aliphatic rings. The lowest BCUT2D eigenvalue weighted by Crippen LogP contribution is -2.56. The van der Waals surface area contributed by atoms with Crippen molar-refractivity contribution in [3.63, 3.8) is 0 Å². The summed E-state index contributed by atoms with van der Waals surface area (Å²) in [5.74, 6) is -3.08. The van der Waals surface area contributed by atoms with Gasteiger partial charge in [-0.2, -0.15) is 13.2 Å². The molecule has 0 spiro atoms. The molecule has 302 valence electrons. The number of nitrogens with one attached hydrogen (secondary N) is 3. The first-order chi connectivity index (χ1) is 27.1. The molecule has 6 rings (SSSR count). The Morgan fingerprint density at radius 2 is 1.77 bits per heavy atom. The predicted molar refractivity (Wildman–Crippen MR) is 210 cm³/mol. The van der Waals surface area contributed by atoms with Crippen molar-refractivity contribution in [2.24, 2.45) is 0 Å². The highest BCUT2D eigenvalue weighted by Gasteiger charge is 2.36. The monoisotopic (exact) mass is 790 g/mol. The summed E-state index contributed by atoms with van der Waals surface area (Å²) >= 11 is 0. The van der Waals surface area contributed by atoms with Crippen LogP contribution in [0, 0.1) is 5.82 Å². The van der Waals surface area contributed by atoms with Crippen LogP contribution in [0.2, 0.25) is 0 Å². The maximum absolute atomic E-state index is 15.1. The zero-order valence-corrected chi connectivity index (χ0v) is 32.2. The van der Waals surface area contributed by atoms with Gasteiger partial charge < -0.3 is 30.7 Å². The summed E-state index contributed by atoms with van der Waals surface area (Å²) in [5, 5.41) is 18.5. The van der Waals surface area contributed by atoms with Crippen LogP contribution in [-0.2, 0) is 27.7 Å². The Bertz CT molecular complexity index is 2130. The van der Waals surface area contributed by atoms with Crippen molar-refractivity contribution < 1.29 is 37.0 Å². The van der Waals surface area contributed by atoms with Crippen LogP contribution in [0.3, 0.4) is 0 Å². The smallest absolute Gasteiger partial charge is 0.392 e. The predicted octanol–water partition coefficient (Wildman–Crippen LogP) is 7.30. The lowest BCUT2D eigenvalue weighted by atomic mass is 9.86. The van der Waals surface area contributed by atoms with Gasteiger partial charge in [0.1, 0.15) is 23.0 Å². The van der Waals surface area contributed by atoms with Crippen molar-refractivity contribution in [1.29, 1.82) is 0 Å². The minimum absolute atomic E-state index is 0.00640. The lowest BCUT2D eigenvalue weighted by molar-refractivity contribution is -0.137. The van der Waals surface area contributed by atoms with E-state index in [-0.39, 0.29) is 45.5 Å². The number of hydrogen-bond acceptors (Lipinski definition) is 10. The van der Waals surface area contributed by atoms with Gasteiger partial charge in [-0.05, 0) is 73.2 Å². The molecule has 2 amide bonds. The molecule has 0 unspecified atom stereocenters. The zero-order chi connectivity index (χ0) is 41.1. The quantitative estimate of drug-likeness (QED) is 0.0955. The van der Waals surface area contributed by atoms with E-state index in [1.54, 1.807) is 18.2 Å². The molecular weight excluding hydrogens is 744 g/mol. The first-order valence-electron chi connectivity index (χ1n) is 18.6. The fourth-order valence-corrected chi connectivity index (χ4v) is 7.14. The Hall–Kier alpha value is -5.45. The maximum Gasteiger partial charge on any atom is 0.421 e. The van der Waals surface area contributed by atoms with Gasteiger partial charge in [0.15, 0.2) is 5.82 Å². The second-order valence-electron chi connectivity index (χ2n) is 15.1. The average molecular weight is 791 g/mol. The first-order valence-corrected chi connectivity index (χ1v) is 18.6. The minimum atomic E-state index is -4.87. The van der Waals surface area contributed by atoms with Crippen LogP contribution >= 0.6 is 0 Å². The molecule has 4 aromatic rings. The molecule has 4 heterocycles. The third kappa shape index (κ3) is 9.41. The standard InChI is InChI=1S/C41H46F4N8O4/c1-6-35(55)49-33-20-26(8-10-34(33)53-16-15-52(22-24(53)2)27-12-17-57-18-13-27)48-38-31(41(43,44)45)21-47-36(50-38)28-11-14-46-37(30(28)23-54)51-39(56)29-9-7-25(19-32(29)42)40(3,4)5/h6-11,14,19-21,24,27,54H,1,12-13,15-18,22-23H2,2-5H3,(H,49,55)(H,46,51,56)(H,47,48,50)/t24-/m0/s1. The Kier molecular flexibility index (Phi) is 12.3. The van der Waals surface area contributed by atoms with Gasteiger partial charge in [0.05, 0.1) is 23.5 Å². The van der Waals surface area contributed by atoms with Crippen LogP contribution in [0.5, 0.6) is 0 Å². The Balaban J connectivity index is 1.30. The second-order valence-corrected chi connectivity index (χ2v) is 15.1. The van der Waals surface area contributed by atoms with Gasteiger partial charge in [-0.15, -0.1) is 0 Å². The number of aliphatic hydroxyl groups is 1. The van der Waals surface area contributed by atoms with Gasteiger partial charge in [-0.25, -0.2) is 19.3 Å². The first kappa shape index (κ1) is 41.2. The highest BCUT2D eigenvalue weighted by Crippen LogP contribution is 2.39. The number of hydrogen-bond donors (Lipinski definition) is 4. The fraction of sp³-hybridized carbons (Fsp3) is 0.390. The number of halogens is 4. The number of anilines is 5. The highest BCUT2D eigenvalue weighted by molar-refractivity contribution is 6.05. The van der Waals surface area contributed by atoms with E-state index in [4.69, 9.17) is 4.74 Å². The molecular formula is C41H46F4N8O4. The van der Waals surface area contributed by atoms with Gasteiger partial charge in [0.25, 0.3) is 5.91 Å². The van der Waals surface area contributed by atoms with E-state index in [0.717, 1.165) is 45.2 Å². The van der Waals surface area contributed by atoms with Crippen LogP contribution in [0.15, 0.2) is 67.5 Å². The summed E-state index contributed by atoms with van der Waals surface area (Å²) < 4.78 is 63.8. The summed E-state index contributed by atoms with van der Waals surface area (Å²) in [5.41, 5.74) is 0.187. The molecule has 0 saturated carbocycles. The number of aromatic nitrogens is 3. The Morgan fingerprint density at radius 3 is 2.42 bits per heavy atom. The Morgan fingerprint density at radius 1 is 1.02 bits per heavy atom. The van der Waals surface area contributed by atoms with Crippen molar-refractivity contribution in [2.45, 2.75) is 70.8 Å². The van der Waals surface area contributed by atoms with E-state index in [0.29, 0.717) is 35.7 Å². The van der Waals surface area contributed by atoms with Gasteiger partial charge in [-0.1, -0.05) is 33.4 Å². The third-order valence-electron chi connectivity index (χ3n) is 10.2. The van der Waals surface area contributed by atoms with Crippen LogP contribution < -0.4 is 20.9 Å². The van der Waals surface area contributed by atoms with Crippen molar-refractivity contribution in [1.82, 2.24) is 19.9 Å². The molecule has 2 aromatic heterocycles. The van der Waals surface area contributed by atoms with Crippen molar-refractivity contribution >= 4 is 40.5 Å². The molecule has 2 fully saturated rings. The van der Waals surface area contributed by atoms with Crippen molar-refractivity contribution in [2.75, 3.05) is 53.7 Å². The molecule has 4 N–H and O–H groups in total. The van der Waals surface area contributed by atoms with E-state index in [2.05, 4.69) is 54.2 Å². The molecule has 1 atom stereocenters. The number of amides is 2. The molecule has 0 aliphatic carbocycles. The van der Waals surface area contributed by atoms with Gasteiger partial charge in [-0.3, -0.25) is 14.5 Å². The van der Waals surface area contributed by atoms with Crippen molar-refractivity contribution in [3.8, 4) is 11.4 Å². The van der Waals surface area contributed by atoms with E-state index in [9.17, 15) is 27.9 Å². The fourth-order valence-electron chi connectivity index (χ4n) is 7.14. The Labute approximate surface area is 328 Å². The summed E-state index contributed by atoms with van der Waals surface area (Å²) in [7, 11) is 0. The summed E-state index contributed by atoms with van der Waals surface area (Å²) in [4.78, 5) is 42.7. The number of rotatable bonds is 10. The summed E-state index contributed by atoms with van der Waals surface area (Å²) in [6.45, 7) is 14.3. The average Bonchev–Trinajstić information content (AvgIpc) is 3.17. The van der Waals surface area contributed by atoms with Gasteiger partial charge >= 0.3 is 6.18 Å². The number of benzene rings is 2. The molecule has 0 radical (unpaired) electrons. The molecule has 57 heavy (non-hydrogen) atoms. The van der Waals surface area contributed by atoms with E-state index in [1.807, 2.05) is 20.8 Å². The third-order valence-corrected chi connectivity index (χ3v) is 10.2. The topological polar surface area (TPSA) is 145 Å². The number of ether oxygens (including phenoxy) is 1. The lowest BCUT2D eigenvalue weighted by Gasteiger charge is -2.45. The largest absolute Gasteiger partial charge is 0.421 e. The van der Waals surface area contributed by atoms with E-state index < -0.39 is 41.8 Å². The zero-order valence-electron chi connectivity index (χ0n) is 32.2. The number of piperazine rings is 1. The normalized spacial score (nSPS) is 16.9. The van der Waals surface area contributed by atoms with Crippen LogP contribution in [-0.4, -0.2) is 81.7 Å². The number of alkyl halides is 3. The number of carbonyl (C=O) groups excluding carboxylic acids is 2. The highest BCUT2D eigenvalue weighted by atomic mass is 19.4. The van der Waals surface area contributed by atoms with Gasteiger partial charge in [0, 0.05) is 74.1 Å². The molecule has 0 bridgehead atoms. The minimum Gasteiger partial charge on any atom is -0.392 e. The maximum atomic E-state index is 15.1. The second kappa shape index (κ2) is 17.0. The molecule has 2 aromatic carbocycles. The van der Waals surface area contributed by atoms with E-state index in [1.165, 1.54) is 30.5 Å². The molecule has 2 saturated heterocycles. The van der Waals surface area contributed by atoms with Crippen molar-refractivity contribution in [3.05, 3.63) is 95.6 Å². The molecule has 12 nitrogen and oxygen atoms in total. The number of pyridine rings is 1. The van der Waals surface area contributed by atoms with Crippen LogP contribution in [0.4, 0.5) is 46.3 Å². The summed E-state index contributed by atoms with van der Waals surface area (Å²) in [6.07, 6.45) is 0.0433. The van der Waals surface area contributed by atoms with E-state index >= 15 is 4.39 Å². The SMILES string of the molecule is C=CC(=O)Nc1cc(Nc2nc(-c3ccnc(NC(=O)c4ccc(C(C)(C)C)cc4F)c3CO)ncc2C(F)(F)F)ccc1N1CCN(C2CCOCC2)C[C@@H]1C. The molecule has 16 heteroatoms. The number of carbonyl (C=O) groups is 2. The van der Waals surface area contributed by atoms with Crippen LogP contribution in [0.1, 0.15) is 67.6 Å². The molecule has 2 aliphatic heterocycles. The summed E-state index contributed by atoms with van der Waals surface area (Å²) in [6, 6.07) is 11.0. The number of aliphatic hydroxyl groups excluding tert-OH is 1. The van der Waals surface area contributed by atoms with Gasteiger partial charge in [0.2, 0.25) is 5.91 Å². The number of nitrogens with zero attached hydrogens (tertiary/aromatic N) is 5.